The van der Waals surface area contributed by atoms with Crippen LogP contribution in [-0.4, -0.2) is 11.4 Å². The predicted octanol–water partition coefficient (Wildman–Crippen LogP) is 4.30. The summed E-state index contributed by atoms with van der Waals surface area (Å²) in [4.78, 5) is 2.20. The van der Waals surface area contributed by atoms with Crippen LogP contribution in [0.1, 0.15) is 18.1 Å². The Balaban J connectivity index is 0.00000162. The van der Waals surface area contributed by atoms with Gasteiger partial charge >= 0.3 is 0 Å². The quantitative estimate of drug-likeness (QED) is 0.505. The van der Waals surface area contributed by atoms with Crippen LogP contribution in [-0.2, 0) is 32.7 Å². The van der Waals surface area contributed by atoms with Crippen molar-refractivity contribution in [3.8, 4) is 0 Å². The summed E-state index contributed by atoms with van der Waals surface area (Å²) < 4.78 is 1.15. The van der Waals surface area contributed by atoms with Crippen LogP contribution in [0.25, 0.3) is 5.70 Å². The van der Waals surface area contributed by atoms with Gasteiger partial charge in [-0.05, 0) is 19.5 Å². The van der Waals surface area contributed by atoms with Crippen LogP contribution in [0.5, 0.6) is 0 Å². The zero-order valence-corrected chi connectivity index (χ0v) is 15.7. The second-order valence-corrected chi connectivity index (χ2v) is 5.20. The Morgan fingerprint density at radius 3 is 2.44 bits per heavy atom. The summed E-state index contributed by atoms with van der Waals surface area (Å²) in [6, 6.07) is 8.53. The number of likely N-dealkylation sites (N-methyl/N-ethyl adjacent to an activating group) is 1. The molecule has 0 bridgehead atoms. The van der Waals surface area contributed by atoms with E-state index in [1.54, 1.807) is 0 Å². The summed E-state index contributed by atoms with van der Waals surface area (Å²) in [5.41, 5.74) is 4.64. The topological polar surface area (TPSA) is 3.24 Å². The Morgan fingerprint density at radius 1 is 1.28 bits per heavy atom. The maximum atomic E-state index is 4.13. The minimum absolute atomic E-state index is 0. The molecule has 0 fully saturated rings. The van der Waals surface area contributed by atoms with E-state index in [9.17, 15) is 0 Å². The van der Waals surface area contributed by atoms with Gasteiger partial charge < -0.3 is 4.90 Å². The molecule has 1 aliphatic heterocycles. The normalized spacial score (nSPS) is 14.8. The van der Waals surface area contributed by atoms with Crippen LogP contribution in [0.15, 0.2) is 46.2 Å². The van der Waals surface area contributed by atoms with E-state index < -0.39 is 0 Å². The molecule has 1 radical (unpaired) electrons. The third-order valence-corrected chi connectivity index (χ3v) is 3.78. The van der Waals surface area contributed by atoms with Gasteiger partial charge in [-0.2, -0.15) is 12.2 Å². The van der Waals surface area contributed by atoms with E-state index >= 15 is 0 Å². The molecule has 1 heterocycles. The molecule has 1 aromatic carbocycles. The molecule has 2 rings (SSSR count). The summed E-state index contributed by atoms with van der Waals surface area (Å²) in [5, 5.41) is 0. The second-order valence-electron chi connectivity index (χ2n) is 4.04. The molecule has 1 aromatic rings. The van der Waals surface area contributed by atoms with E-state index in [0.29, 0.717) is 0 Å². The Hall–Kier alpha value is 0.0739. The molecule has 0 spiro atoms. The van der Waals surface area contributed by atoms with Crippen LogP contribution >= 0.6 is 22.6 Å². The first kappa shape index (κ1) is 16.1. The second kappa shape index (κ2) is 7.02. The van der Waals surface area contributed by atoms with Crippen LogP contribution in [0.2, 0.25) is 0 Å². The Morgan fingerprint density at radius 2 is 1.89 bits per heavy atom. The van der Waals surface area contributed by atoms with Crippen LogP contribution < -0.4 is 0 Å². The molecule has 0 saturated heterocycles. The van der Waals surface area contributed by atoms with Crippen molar-refractivity contribution in [3.05, 3.63) is 63.4 Å². The fraction of sp³-hybridized carbons (Fsp3) is 0.200. The van der Waals surface area contributed by atoms with Gasteiger partial charge in [-0.25, -0.2) is 0 Å². The monoisotopic (exact) mass is 425 g/mol. The van der Waals surface area contributed by atoms with Gasteiger partial charge in [0.1, 0.15) is 0 Å². The third kappa shape index (κ3) is 3.34. The van der Waals surface area contributed by atoms with Gasteiger partial charge in [-0.3, -0.25) is 0 Å². The van der Waals surface area contributed by atoms with Crippen LogP contribution in [0.4, 0.5) is 0 Å². The first-order valence-electron chi connectivity index (χ1n) is 5.66. The van der Waals surface area contributed by atoms with E-state index in [2.05, 4.69) is 78.3 Å². The minimum atomic E-state index is 0. The number of nitrogens with zero attached hydrogens (tertiary/aromatic N) is 1. The maximum Gasteiger partial charge on any atom is 0.0169 e. The summed E-state index contributed by atoms with van der Waals surface area (Å²) in [6.45, 7) is 9.28. The molecule has 0 unspecified atom stereocenters. The molecule has 0 aliphatic carbocycles. The molecule has 18 heavy (non-hydrogen) atoms. The first-order chi connectivity index (χ1) is 8.13. The van der Waals surface area contributed by atoms with Crippen molar-refractivity contribution in [2.45, 2.75) is 13.8 Å². The summed E-state index contributed by atoms with van der Waals surface area (Å²) in [6.07, 6.45) is 5.35. The van der Waals surface area contributed by atoms with Crippen molar-refractivity contribution in [2.24, 2.45) is 0 Å². The fourth-order valence-electron chi connectivity index (χ4n) is 1.86. The van der Waals surface area contributed by atoms with Crippen LogP contribution in [0.3, 0.4) is 0 Å². The number of hydrogen-bond donors (Lipinski definition) is 0. The molecular weight excluding hydrogens is 410 g/mol. The van der Waals surface area contributed by atoms with Gasteiger partial charge in [0, 0.05) is 39.3 Å². The maximum absolute atomic E-state index is 4.13. The van der Waals surface area contributed by atoms with Gasteiger partial charge in [0.05, 0.1) is 0 Å². The largest absolute Gasteiger partial charge is 0.375 e. The van der Waals surface area contributed by atoms with Gasteiger partial charge in [0.15, 0.2) is 0 Å². The Labute approximate surface area is 148 Å². The summed E-state index contributed by atoms with van der Waals surface area (Å²) in [5.74, 6) is 0. The number of rotatable bonds is 2. The molecule has 0 saturated carbocycles. The number of halogens is 1. The minimum Gasteiger partial charge on any atom is -0.375 e. The van der Waals surface area contributed by atoms with Crippen LogP contribution in [0, 0.1) is 13.0 Å². The molecule has 1 nitrogen and oxygen atoms in total. The van der Waals surface area contributed by atoms with E-state index in [1.165, 1.54) is 11.1 Å². The third-order valence-electron chi connectivity index (χ3n) is 2.85. The van der Waals surface area contributed by atoms with Crippen molar-refractivity contribution in [3.63, 3.8) is 0 Å². The van der Waals surface area contributed by atoms with Crippen molar-refractivity contribution in [2.75, 3.05) is 6.54 Å². The van der Waals surface area contributed by atoms with Gasteiger partial charge in [-0.1, -0.05) is 39.1 Å². The fourth-order valence-corrected chi connectivity index (χ4v) is 2.30. The smallest absolute Gasteiger partial charge is 0.0169 e. The van der Waals surface area contributed by atoms with E-state index in [-0.39, 0.29) is 32.7 Å². The zero-order chi connectivity index (χ0) is 12.4. The number of benzene rings is 1. The molecule has 0 aromatic heterocycles. The molecule has 0 amide bonds. The molecule has 0 N–H and O–H groups in total. The van der Waals surface area contributed by atoms with E-state index in [4.69, 9.17) is 0 Å². The van der Waals surface area contributed by atoms with E-state index in [1.807, 2.05) is 6.08 Å². The Kier molecular flexibility index (Phi) is 6.29. The molecule has 3 heteroatoms. The summed E-state index contributed by atoms with van der Waals surface area (Å²) >= 11 is 2.30. The van der Waals surface area contributed by atoms with Gasteiger partial charge in [0.25, 0.3) is 0 Å². The van der Waals surface area contributed by atoms with Crippen molar-refractivity contribution < 1.29 is 32.7 Å². The number of aryl methyl sites for hydroxylation is 1. The molecule has 91 valence electrons. The van der Waals surface area contributed by atoms with Gasteiger partial charge in [0.2, 0.25) is 0 Å². The summed E-state index contributed by atoms with van der Waals surface area (Å²) in [7, 11) is 0. The SMILES string of the molecule is C=C1C(I)=C[C-]=C(c2ccc(C)cc2)N1CC.[Y]. The standard InChI is InChI=1S/C15H15IN.Y/c1-4-17-12(3)14(16)9-10-15(17)13-7-5-11(2)6-8-13;/h5-9H,3-4H2,1-2H3;/q-1;. The molecular formula is C15H15INY-. The van der Waals surface area contributed by atoms with Crippen molar-refractivity contribution in [1.29, 1.82) is 0 Å². The Bertz CT molecular complexity index is 500. The first-order valence-corrected chi connectivity index (χ1v) is 6.74. The average Bonchev–Trinajstić information content (AvgIpc) is 2.34. The van der Waals surface area contributed by atoms with Gasteiger partial charge in [-0.15, -0.1) is 34.7 Å². The van der Waals surface area contributed by atoms with Crippen molar-refractivity contribution in [1.82, 2.24) is 4.90 Å². The number of hydrogen-bond acceptors (Lipinski definition) is 1. The number of allylic oxidation sites excluding steroid dienone is 3. The average molecular weight is 425 g/mol. The van der Waals surface area contributed by atoms with E-state index in [0.717, 1.165) is 21.5 Å². The zero-order valence-electron chi connectivity index (χ0n) is 10.7. The molecule has 0 atom stereocenters. The van der Waals surface area contributed by atoms with Crippen molar-refractivity contribution >= 4 is 28.3 Å². The predicted molar refractivity (Wildman–Crippen MR) is 81.5 cm³/mol. The molecule has 1 aliphatic rings.